The zero-order chi connectivity index (χ0) is 14.2. The average Bonchev–Trinajstić information content (AvgIpc) is 2.75. The number of phenolic OH excluding ortho intramolecular Hbond substituents is 1. The van der Waals surface area contributed by atoms with Gasteiger partial charge in [0.15, 0.2) is 11.6 Å². The van der Waals surface area contributed by atoms with Crippen molar-refractivity contribution >= 4 is 17.6 Å². The molecule has 1 heterocycles. The minimum atomic E-state index is -1.11. The number of benzene rings is 1. The first kappa shape index (κ1) is 13.3. The quantitative estimate of drug-likeness (QED) is 0.821. The first-order chi connectivity index (χ1) is 8.93. The van der Waals surface area contributed by atoms with E-state index < -0.39 is 35.2 Å². The Morgan fingerprint density at radius 3 is 2.74 bits per heavy atom. The third-order valence-corrected chi connectivity index (χ3v) is 2.97. The predicted molar refractivity (Wildman–Crippen MR) is 60.5 cm³/mol. The van der Waals surface area contributed by atoms with E-state index in [1.807, 2.05) is 0 Å². The van der Waals surface area contributed by atoms with Crippen molar-refractivity contribution < 1.29 is 28.2 Å². The molecule has 1 atom stereocenters. The number of methoxy groups -OCH3 is 1. The Morgan fingerprint density at radius 2 is 2.11 bits per heavy atom. The van der Waals surface area contributed by atoms with Crippen LogP contribution in [0.2, 0.25) is 0 Å². The molecule has 1 amide bonds. The zero-order valence-corrected chi connectivity index (χ0v) is 10.0. The van der Waals surface area contributed by atoms with E-state index in [0.717, 1.165) is 11.0 Å². The van der Waals surface area contributed by atoms with Gasteiger partial charge >= 0.3 is 5.97 Å². The highest BCUT2D eigenvalue weighted by molar-refractivity contribution is 5.99. The normalized spacial score (nSPS) is 18.8. The monoisotopic (exact) mass is 271 g/mol. The molecule has 1 unspecified atom stereocenters. The van der Waals surface area contributed by atoms with E-state index >= 15 is 0 Å². The Hall–Kier alpha value is -2.18. The second-order valence-electron chi connectivity index (χ2n) is 4.18. The fourth-order valence-electron chi connectivity index (χ4n) is 2.00. The number of amides is 1. The Labute approximate surface area is 107 Å². The standard InChI is InChI=1S/C12H11F2NO4/c1-19-12(18)6-2-11(17)15(5-6)9-4-10(16)8(14)3-7(9)13/h3-4,6,16H,2,5H2,1H3. The second kappa shape index (κ2) is 4.83. The molecule has 0 saturated carbocycles. The number of carbonyl (C=O) groups is 2. The first-order valence-electron chi connectivity index (χ1n) is 5.50. The summed E-state index contributed by atoms with van der Waals surface area (Å²) in [7, 11) is 1.19. The van der Waals surface area contributed by atoms with Gasteiger partial charge in [-0.25, -0.2) is 8.78 Å². The molecule has 19 heavy (non-hydrogen) atoms. The van der Waals surface area contributed by atoms with Gasteiger partial charge in [-0.3, -0.25) is 9.59 Å². The fraction of sp³-hybridized carbons (Fsp3) is 0.333. The van der Waals surface area contributed by atoms with Crippen molar-refractivity contribution in [2.24, 2.45) is 5.92 Å². The molecular formula is C12H11F2NO4. The lowest BCUT2D eigenvalue weighted by Gasteiger charge is -2.17. The summed E-state index contributed by atoms with van der Waals surface area (Å²) in [6.45, 7) is -0.0620. The molecule has 5 nitrogen and oxygen atoms in total. The minimum absolute atomic E-state index is 0.0620. The van der Waals surface area contributed by atoms with Gasteiger partial charge in [-0.05, 0) is 0 Å². The summed E-state index contributed by atoms with van der Waals surface area (Å²) in [6.07, 6.45) is -0.107. The van der Waals surface area contributed by atoms with Crippen LogP contribution >= 0.6 is 0 Å². The molecule has 1 aromatic carbocycles. The molecule has 0 spiro atoms. The Morgan fingerprint density at radius 1 is 1.42 bits per heavy atom. The summed E-state index contributed by atoms with van der Waals surface area (Å²) in [4.78, 5) is 24.1. The maximum absolute atomic E-state index is 13.6. The van der Waals surface area contributed by atoms with Gasteiger partial charge in [0, 0.05) is 25.1 Å². The number of esters is 1. The van der Waals surface area contributed by atoms with Gasteiger partial charge in [-0.15, -0.1) is 0 Å². The largest absolute Gasteiger partial charge is 0.505 e. The van der Waals surface area contributed by atoms with E-state index in [0.29, 0.717) is 6.07 Å². The summed E-state index contributed by atoms with van der Waals surface area (Å²) in [6, 6.07) is 1.31. The number of anilines is 1. The number of aromatic hydroxyl groups is 1. The zero-order valence-electron chi connectivity index (χ0n) is 10.0. The van der Waals surface area contributed by atoms with Gasteiger partial charge in [0.2, 0.25) is 5.91 Å². The fourth-order valence-corrected chi connectivity index (χ4v) is 2.00. The van der Waals surface area contributed by atoms with E-state index in [9.17, 15) is 23.5 Å². The summed E-state index contributed by atoms with van der Waals surface area (Å²) in [5.41, 5.74) is -0.254. The van der Waals surface area contributed by atoms with Crippen LogP contribution in [-0.4, -0.2) is 30.6 Å². The molecule has 1 fully saturated rings. The number of hydrogen-bond donors (Lipinski definition) is 1. The summed E-state index contributed by atoms with van der Waals surface area (Å²) < 4.78 is 31.1. The van der Waals surface area contributed by atoms with Crippen LogP contribution in [0, 0.1) is 17.6 Å². The number of phenols is 1. The molecule has 1 aliphatic heterocycles. The molecule has 102 valence electrons. The lowest BCUT2D eigenvalue weighted by Crippen LogP contribution is -2.27. The summed E-state index contributed by atoms with van der Waals surface area (Å²) >= 11 is 0. The number of nitrogens with zero attached hydrogens (tertiary/aromatic N) is 1. The van der Waals surface area contributed by atoms with Crippen LogP contribution < -0.4 is 4.90 Å². The topological polar surface area (TPSA) is 66.8 Å². The molecular weight excluding hydrogens is 260 g/mol. The van der Waals surface area contributed by atoms with Gasteiger partial charge in [0.25, 0.3) is 0 Å². The van der Waals surface area contributed by atoms with E-state index in [2.05, 4.69) is 4.74 Å². The highest BCUT2D eigenvalue weighted by Crippen LogP contribution is 2.31. The van der Waals surface area contributed by atoms with Gasteiger partial charge in [0.05, 0.1) is 18.7 Å². The number of rotatable bonds is 2. The van der Waals surface area contributed by atoms with Crippen molar-refractivity contribution in [3.63, 3.8) is 0 Å². The molecule has 0 radical (unpaired) electrons. The average molecular weight is 271 g/mol. The first-order valence-corrected chi connectivity index (χ1v) is 5.50. The molecule has 0 bridgehead atoms. The van der Waals surface area contributed by atoms with E-state index in [1.165, 1.54) is 7.11 Å². The van der Waals surface area contributed by atoms with Gasteiger partial charge < -0.3 is 14.7 Å². The van der Waals surface area contributed by atoms with E-state index in [4.69, 9.17) is 0 Å². The van der Waals surface area contributed by atoms with Crippen molar-refractivity contribution in [1.82, 2.24) is 0 Å². The molecule has 0 aliphatic carbocycles. The van der Waals surface area contributed by atoms with Crippen LogP contribution in [0.5, 0.6) is 5.75 Å². The van der Waals surface area contributed by atoms with Crippen LogP contribution in [0.3, 0.4) is 0 Å². The SMILES string of the molecule is COC(=O)C1CC(=O)N(c2cc(O)c(F)cc2F)C1. The van der Waals surface area contributed by atoms with Gasteiger partial charge in [-0.2, -0.15) is 0 Å². The lowest BCUT2D eigenvalue weighted by atomic mass is 10.1. The third kappa shape index (κ3) is 2.35. The van der Waals surface area contributed by atoms with Crippen molar-refractivity contribution in [2.75, 3.05) is 18.6 Å². The van der Waals surface area contributed by atoms with Crippen molar-refractivity contribution in [1.29, 1.82) is 0 Å². The molecule has 7 heteroatoms. The smallest absolute Gasteiger partial charge is 0.311 e. The highest BCUT2D eigenvalue weighted by atomic mass is 19.1. The molecule has 1 N–H and O–H groups in total. The number of ether oxygens (including phenoxy) is 1. The number of halogens is 2. The maximum atomic E-state index is 13.6. The van der Waals surface area contributed by atoms with Crippen LogP contribution in [0.25, 0.3) is 0 Å². The van der Waals surface area contributed by atoms with Gasteiger partial charge in [0.1, 0.15) is 5.82 Å². The predicted octanol–water partition coefficient (Wildman–Crippen LogP) is 1.20. The highest BCUT2D eigenvalue weighted by Gasteiger charge is 2.37. The maximum Gasteiger partial charge on any atom is 0.311 e. The summed E-state index contributed by atoms with van der Waals surface area (Å²) in [5, 5.41) is 9.22. The molecule has 0 aromatic heterocycles. The van der Waals surface area contributed by atoms with E-state index in [-0.39, 0.29) is 18.7 Å². The Kier molecular flexibility index (Phi) is 3.37. The van der Waals surface area contributed by atoms with Crippen LogP contribution in [0.15, 0.2) is 12.1 Å². The molecule has 2 rings (SSSR count). The van der Waals surface area contributed by atoms with Crippen LogP contribution in [0.1, 0.15) is 6.42 Å². The van der Waals surface area contributed by atoms with Crippen molar-refractivity contribution in [3.8, 4) is 5.75 Å². The second-order valence-corrected chi connectivity index (χ2v) is 4.18. The number of hydrogen-bond acceptors (Lipinski definition) is 4. The lowest BCUT2D eigenvalue weighted by molar-refractivity contribution is -0.145. The van der Waals surface area contributed by atoms with Crippen LogP contribution in [-0.2, 0) is 14.3 Å². The molecule has 1 aliphatic rings. The molecule has 1 aromatic rings. The minimum Gasteiger partial charge on any atom is -0.505 e. The number of carbonyl (C=O) groups excluding carboxylic acids is 2. The third-order valence-electron chi connectivity index (χ3n) is 2.97. The van der Waals surface area contributed by atoms with Crippen molar-refractivity contribution in [3.05, 3.63) is 23.8 Å². The Balaban J connectivity index is 2.30. The van der Waals surface area contributed by atoms with Crippen LogP contribution in [0.4, 0.5) is 14.5 Å². The van der Waals surface area contributed by atoms with Crippen molar-refractivity contribution in [2.45, 2.75) is 6.42 Å². The molecule has 1 saturated heterocycles. The van der Waals surface area contributed by atoms with E-state index in [1.54, 1.807) is 0 Å². The Bertz CT molecular complexity index is 547. The van der Waals surface area contributed by atoms with Gasteiger partial charge in [-0.1, -0.05) is 0 Å². The summed E-state index contributed by atoms with van der Waals surface area (Å²) in [5.74, 6) is -4.59.